The maximum absolute atomic E-state index is 14.2. The van der Waals surface area contributed by atoms with Gasteiger partial charge in [-0.05, 0) is 23.8 Å². The Labute approximate surface area is 236 Å². The molecule has 1 aliphatic heterocycles. The molecule has 0 fully saturated rings. The summed E-state index contributed by atoms with van der Waals surface area (Å²) < 4.78 is 23.0. The van der Waals surface area contributed by atoms with Crippen molar-refractivity contribution < 1.29 is 13.9 Å². The monoisotopic (exact) mass is 585 g/mol. The quantitative estimate of drug-likeness (QED) is 0.261. The van der Waals surface area contributed by atoms with Gasteiger partial charge in [0.1, 0.15) is 24.0 Å². The molecule has 9 nitrogen and oxygen atoms in total. The Morgan fingerprint density at radius 3 is 2.85 bits per heavy atom. The zero-order chi connectivity index (χ0) is 27.1. The highest BCUT2D eigenvalue weighted by atomic mass is 35.5. The fourth-order valence-corrected chi connectivity index (χ4v) is 5.80. The molecule has 0 radical (unpaired) electrons. The van der Waals surface area contributed by atoms with Gasteiger partial charge in [0.2, 0.25) is 0 Å². The lowest BCUT2D eigenvalue weighted by atomic mass is 10.0. The summed E-state index contributed by atoms with van der Waals surface area (Å²) in [6.45, 7) is 1.03. The fourth-order valence-electron chi connectivity index (χ4n) is 4.72. The second-order valence-corrected chi connectivity index (χ2v) is 10.7. The zero-order valence-corrected chi connectivity index (χ0v) is 22.7. The third-order valence-corrected chi connectivity index (χ3v) is 7.86. The maximum atomic E-state index is 14.2. The van der Waals surface area contributed by atoms with Gasteiger partial charge in [0.25, 0.3) is 5.91 Å². The van der Waals surface area contributed by atoms with E-state index >= 15 is 0 Å². The van der Waals surface area contributed by atoms with Gasteiger partial charge in [-0.2, -0.15) is 5.10 Å². The molecule has 3 N–H and O–H groups in total. The highest BCUT2D eigenvalue weighted by molar-refractivity contribution is 7.13. The Kier molecular flexibility index (Phi) is 6.98. The van der Waals surface area contributed by atoms with E-state index in [1.807, 2.05) is 24.3 Å². The lowest BCUT2D eigenvalue weighted by Gasteiger charge is -2.16. The second-order valence-electron chi connectivity index (χ2n) is 9.01. The number of carbonyl (C=O) groups excluding carboxylic acids is 1. The third kappa shape index (κ3) is 4.87. The van der Waals surface area contributed by atoms with Crippen LogP contribution >= 0.6 is 34.5 Å². The Balaban J connectivity index is 1.42. The molecule has 39 heavy (non-hydrogen) atoms. The van der Waals surface area contributed by atoms with E-state index in [0.717, 1.165) is 5.56 Å². The van der Waals surface area contributed by atoms with Crippen LogP contribution in [0.5, 0.6) is 5.75 Å². The van der Waals surface area contributed by atoms with Gasteiger partial charge in [0, 0.05) is 47.4 Å². The van der Waals surface area contributed by atoms with Crippen LogP contribution in [0.25, 0.3) is 22.0 Å². The van der Waals surface area contributed by atoms with Crippen LogP contribution in [-0.4, -0.2) is 49.5 Å². The number of nitrogens with two attached hydrogens (primary N) is 1. The molecule has 200 valence electrons. The van der Waals surface area contributed by atoms with Crippen molar-refractivity contribution in [2.45, 2.75) is 25.2 Å². The molecule has 2 aromatic carbocycles. The van der Waals surface area contributed by atoms with Crippen molar-refractivity contribution in [1.29, 1.82) is 0 Å². The van der Waals surface area contributed by atoms with E-state index in [1.165, 1.54) is 16.0 Å². The number of alkyl halides is 1. The van der Waals surface area contributed by atoms with Gasteiger partial charge < -0.3 is 15.0 Å². The first-order valence-electron chi connectivity index (χ1n) is 12.1. The van der Waals surface area contributed by atoms with Crippen LogP contribution < -0.4 is 15.8 Å². The molecule has 0 aliphatic carbocycles. The van der Waals surface area contributed by atoms with Gasteiger partial charge in [-0.3, -0.25) is 14.8 Å². The predicted molar refractivity (Wildman–Crippen MR) is 149 cm³/mol. The molecule has 1 amide bonds. The number of thiazole rings is 1. The highest BCUT2D eigenvalue weighted by Crippen LogP contribution is 2.39. The summed E-state index contributed by atoms with van der Waals surface area (Å²) in [5.41, 5.74) is 8.49. The minimum atomic E-state index is -1.04. The number of amides is 1. The molecule has 2 atom stereocenters. The summed E-state index contributed by atoms with van der Waals surface area (Å²) in [5, 5.41) is 11.1. The number of hydrogen-bond donors (Lipinski definition) is 2. The number of hydrogen-bond acceptors (Lipinski definition) is 7. The van der Waals surface area contributed by atoms with Gasteiger partial charge in [0.15, 0.2) is 11.2 Å². The molecule has 6 rings (SSSR count). The molecule has 0 bridgehead atoms. The van der Waals surface area contributed by atoms with Gasteiger partial charge >= 0.3 is 0 Å². The minimum absolute atomic E-state index is 0.161. The largest absolute Gasteiger partial charge is 0.492 e. The number of nitrogens with zero attached hydrogens (tertiary/aromatic N) is 5. The Morgan fingerprint density at radius 2 is 2.10 bits per heavy atom. The van der Waals surface area contributed by atoms with Crippen LogP contribution in [0, 0.1) is 0 Å². The molecule has 0 saturated heterocycles. The number of halogens is 3. The molecule has 3 aromatic heterocycles. The van der Waals surface area contributed by atoms with E-state index in [4.69, 9.17) is 38.8 Å². The first-order chi connectivity index (χ1) is 18.9. The van der Waals surface area contributed by atoms with Crippen molar-refractivity contribution in [2.24, 2.45) is 5.73 Å². The Hall–Kier alpha value is -3.51. The van der Waals surface area contributed by atoms with E-state index < -0.39 is 18.1 Å². The zero-order valence-electron chi connectivity index (χ0n) is 20.4. The Bertz CT molecular complexity index is 1650. The van der Waals surface area contributed by atoms with E-state index in [2.05, 4.69) is 15.3 Å². The van der Waals surface area contributed by atoms with Crippen LogP contribution in [0.2, 0.25) is 10.0 Å². The molecule has 1 aliphatic rings. The van der Waals surface area contributed by atoms with Crippen LogP contribution in [0.15, 0.2) is 54.4 Å². The van der Waals surface area contributed by atoms with Crippen molar-refractivity contribution in [3.8, 4) is 16.9 Å². The van der Waals surface area contributed by atoms with Crippen LogP contribution in [0.1, 0.15) is 17.4 Å². The summed E-state index contributed by atoms with van der Waals surface area (Å²) in [6, 6.07) is 8.16. The summed E-state index contributed by atoms with van der Waals surface area (Å²) in [4.78, 5) is 22.2. The van der Waals surface area contributed by atoms with Gasteiger partial charge in [-0.1, -0.05) is 35.3 Å². The topological polar surface area (TPSA) is 113 Å². The van der Waals surface area contributed by atoms with Crippen molar-refractivity contribution in [2.75, 3.05) is 18.5 Å². The number of nitrogens with one attached hydrogen (secondary N) is 1. The number of rotatable bonds is 8. The second kappa shape index (κ2) is 10.6. The molecular formula is C26H22Cl2FN7O2S. The third-order valence-electron chi connectivity index (χ3n) is 6.48. The van der Waals surface area contributed by atoms with E-state index in [1.54, 1.807) is 34.7 Å². The van der Waals surface area contributed by atoms with Crippen molar-refractivity contribution in [3.05, 3.63) is 75.9 Å². The number of aromatic nitrogens is 5. The smallest absolute Gasteiger partial charge is 0.257 e. The average Bonchev–Trinajstić information content (AvgIpc) is 3.72. The van der Waals surface area contributed by atoms with E-state index in [0.29, 0.717) is 61.9 Å². The number of ether oxygens (including phenoxy) is 1. The number of anilines is 1. The lowest BCUT2D eigenvalue weighted by Crippen LogP contribution is -2.28. The molecule has 4 heterocycles. The van der Waals surface area contributed by atoms with Gasteiger partial charge in [-0.15, -0.1) is 11.3 Å². The summed E-state index contributed by atoms with van der Waals surface area (Å²) >= 11 is 14.9. The van der Waals surface area contributed by atoms with Crippen LogP contribution in [0.3, 0.4) is 0 Å². The summed E-state index contributed by atoms with van der Waals surface area (Å²) in [5.74, 6) is 0.274. The molecule has 0 unspecified atom stereocenters. The van der Waals surface area contributed by atoms with Crippen LogP contribution in [0.4, 0.5) is 9.52 Å². The fraction of sp³-hybridized carbons (Fsp3) is 0.231. The summed E-state index contributed by atoms with van der Waals surface area (Å²) in [6.07, 6.45) is 3.93. The molecule has 13 heteroatoms. The number of fused-ring (bicyclic) bond motifs is 2. The Morgan fingerprint density at radius 1 is 1.28 bits per heavy atom. The molecule has 5 aromatic rings. The lowest BCUT2D eigenvalue weighted by molar-refractivity contribution is -0.118. The number of benzene rings is 2. The van der Waals surface area contributed by atoms with E-state index in [-0.39, 0.29) is 13.0 Å². The minimum Gasteiger partial charge on any atom is -0.492 e. The van der Waals surface area contributed by atoms with Crippen molar-refractivity contribution in [3.63, 3.8) is 0 Å². The van der Waals surface area contributed by atoms with Crippen LogP contribution in [-0.2, 0) is 17.8 Å². The van der Waals surface area contributed by atoms with Gasteiger partial charge in [0.05, 0.1) is 28.6 Å². The van der Waals surface area contributed by atoms with Gasteiger partial charge in [-0.25, -0.2) is 14.4 Å². The predicted octanol–water partition coefficient (Wildman–Crippen LogP) is 5.12. The summed E-state index contributed by atoms with van der Waals surface area (Å²) in [7, 11) is 0. The normalized spacial score (nSPS) is 15.4. The van der Waals surface area contributed by atoms with Crippen molar-refractivity contribution >= 4 is 56.5 Å². The van der Waals surface area contributed by atoms with Crippen molar-refractivity contribution in [1.82, 2.24) is 24.3 Å². The van der Waals surface area contributed by atoms with E-state index in [9.17, 15) is 9.18 Å². The number of imidazole rings is 1. The SMILES string of the molecule is NCCOc1ccc(-c2cc(Cl)c3cn([C@@H](C(=O)Nc4nccs4)c4ncn5c4C[C@@H](F)C5)nc3c2Cl)cc1. The highest BCUT2D eigenvalue weighted by Gasteiger charge is 2.34. The molecule has 0 saturated carbocycles. The molecular weight excluding hydrogens is 564 g/mol. The first-order valence-corrected chi connectivity index (χ1v) is 13.7. The molecule has 0 spiro atoms. The first kappa shape index (κ1) is 25.8. The maximum Gasteiger partial charge on any atom is 0.257 e. The standard InChI is InChI=1S/C26H22Cl2FN7O2S/c27-19-10-17(14-1-3-16(4-2-14)38-7-5-30)21(28)22-18(19)12-36(34-22)24(25(37)33-26-31-6-8-39-26)23-20-9-15(29)11-35(20)13-32-23/h1-4,6,8,10,12-13,15,24H,5,7,9,11,30H2,(H,31,33,37)/t15-,24-/m1/s1. The average molecular weight is 586 g/mol. The number of carbonyl (C=O) groups is 1.